The average molecular weight is 311 g/mol. The van der Waals surface area contributed by atoms with Crippen LogP contribution in [0.4, 0.5) is 0 Å². The fraction of sp³-hybridized carbons (Fsp3) is 0.333. The Hall–Kier alpha value is -0.210. The molecule has 0 saturated carbocycles. The average Bonchev–Trinajstić information content (AvgIpc) is 2.03. The Balaban J connectivity index is 0.000000364. The number of halogens is 1. The van der Waals surface area contributed by atoms with Crippen molar-refractivity contribution in [3.05, 3.63) is 35.9 Å². The van der Waals surface area contributed by atoms with E-state index in [-0.39, 0.29) is 6.04 Å². The normalized spacial score (nSPS) is 11.9. The van der Waals surface area contributed by atoms with E-state index in [9.17, 15) is 0 Å². The van der Waals surface area contributed by atoms with Gasteiger partial charge in [0.2, 0.25) is 0 Å². The van der Waals surface area contributed by atoms with Crippen molar-refractivity contribution in [2.75, 3.05) is 0 Å². The van der Waals surface area contributed by atoms with Crippen LogP contribution in [0.2, 0.25) is 0 Å². The second-order valence-corrected chi connectivity index (χ2v) is 4.02. The molecule has 1 aromatic carbocycles. The number of nitrogens with two attached hydrogens (primary N) is 1. The number of hydrogen-bond donors (Lipinski definition) is 2. The van der Waals surface area contributed by atoms with Gasteiger partial charge >= 0.3 is 21.1 Å². The fourth-order valence-electron chi connectivity index (χ4n) is 0.986. The lowest BCUT2D eigenvalue weighted by molar-refractivity contribution is -1.63. The molecule has 0 aliphatic carbocycles. The van der Waals surface area contributed by atoms with Crippen LogP contribution in [0.25, 0.3) is 0 Å². The molecule has 0 saturated heterocycles. The molecule has 0 aliphatic rings. The summed E-state index contributed by atoms with van der Waals surface area (Å²) >= 11 is -3.76. The smallest absolute Gasteiger partial charge is 0.396 e. The molecule has 0 spiro atoms. The number of rotatable bonds is 2. The highest BCUT2D eigenvalue weighted by molar-refractivity contribution is 5.15. The maximum absolute atomic E-state index is 8.68. The van der Waals surface area contributed by atoms with Gasteiger partial charge in [-0.2, -0.15) is 0 Å². The molecule has 0 amide bonds. The summed E-state index contributed by atoms with van der Waals surface area (Å²) in [6.07, 6.45) is 0.973. The Morgan fingerprint density at radius 2 is 1.79 bits per heavy atom. The van der Waals surface area contributed by atoms with E-state index in [0.29, 0.717) is 0 Å². The predicted octanol–water partition coefficient (Wildman–Crippen LogP) is -4.35. The third-order valence-electron chi connectivity index (χ3n) is 1.40. The molecule has 4 nitrogen and oxygen atoms in total. The van der Waals surface area contributed by atoms with Gasteiger partial charge < -0.3 is 12.6 Å². The summed E-state index contributed by atoms with van der Waals surface area (Å²) in [7, 11) is 0. The van der Waals surface area contributed by atoms with Gasteiger partial charge in [-0.1, -0.05) is 30.3 Å². The largest absolute Gasteiger partial charge is 0.503 e. The lowest BCUT2D eigenvalue weighted by Gasteiger charge is -2.02. The van der Waals surface area contributed by atoms with Crippen molar-refractivity contribution in [3.63, 3.8) is 0 Å². The second kappa shape index (κ2) is 8.13. The molecule has 0 bridgehead atoms. The third kappa shape index (κ3) is 9.87. The molecule has 0 aliphatic heterocycles. The minimum Gasteiger partial charge on any atom is -0.396 e. The summed E-state index contributed by atoms with van der Waals surface area (Å²) in [4.78, 5) is 0. The summed E-state index contributed by atoms with van der Waals surface area (Å²) in [5.41, 5.74) is 6.94. The third-order valence-corrected chi connectivity index (χ3v) is 1.40. The van der Waals surface area contributed by atoms with Gasteiger partial charge in [0.25, 0.3) is 0 Å². The first-order valence-corrected chi connectivity index (χ1v) is 6.79. The minimum absolute atomic E-state index is 0.266. The molecule has 1 rings (SSSR count). The maximum Gasteiger partial charge on any atom is 0.503 e. The molecule has 3 N–H and O–H groups in total. The van der Waals surface area contributed by atoms with Gasteiger partial charge in [-0.25, -0.2) is 0 Å². The van der Waals surface area contributed by atoms with Gasteiger partial charge in [-0.05, 0) is 22.3 Å². The Labute approximate surface area is 92.4 Å². The molecule has 1 unspecified atom stereocenters. The molecule has 0 aromatic heterocycles. The van der Waals surface area contributed by atoms with Crippen molar-refractivity contribution >= 4 is 0 Å². The molecular weight excluding hydrogens is 297 g/mol. The van der Waals surface area contributed by atoms with Crippen molar-refractivity contribution in [2.45, 2.75) is 19.4 Å². The zero-order valence-electron chi connectivity index (χ0n) is 7.89. The van der Waals surface area contributed by atoms with E-state index in [1.165, 1.54) is 5.56 Å². The van der Waals surface area contributed by atoms with Gasteiger partial charge in [-0.3, -0.25) is 0 Å². The quantitative estimate of drug-likeness (QED) is 0.540. The number of benzene rings is 1. The highest BCUT2D eigenvalue weighted by atomic mass is 127. The first kappa shape index (κ1) is 13.8. The van der Waals surface area contributed by atoms with Crippen LogP contribution in [0.1, 0.15) is 12.5 Å². The summed E-state index contributed by atoms with van der Waals surface area (Å²) in [6.45, 7) is 2.02. The Bertz CT molecular complexity index is 226. The van der Waals surface area contributed by atoms with E-state index >= 15 is 0 Å². The van der Waals surface area contributed by atoms with Crippen LogP contribution in [0.5, 0.6) is 0 Å². The van der Waals surface area contributed by atoms with Gasteiger partial charge in [-0.15, -0.1) is 0 Å². The van der Waals surface area contributed by atoms with Crippen molar-refractivity contribution < 1.29 is 31.4 Å². The Morgan fingerprint density at radius 1 is 1.36 bits per heavy atom. The second-order valence-electron chi connectivity index (χ2n) is 2.87. The highest BCUT2D eigenvalue weighted by Gasteiger charge is 1.94. The first-order chi connectivity index (χ1) is 6.52. The predicted molar refractivity (Wildman–Crippen MR) is 46.0 cm³/mol. The zero-order chi connectivity index (χ0) is 11.0. The molecule has 0 fully saturated rings. The SMILES string of the molecule is CC(N)Cc1ccccc1.[O-][I+2]([O-])O. The summed E-state index contributed by atoms with van der Waals surface area (Å²) < 4.78 is 24.5. The first-order valence-electron chi connectivity index (χ1n) is 4.06. The summed E-state index contributed by atoms with van der Waals surface area (Å²) in [5, 5.41) is 0. The maximum atomic E-state index is 8.68. The van der Waals surface area contributed by atoms with E-state index in [2.05, 4.69) is 12.1 Å². The van der Waals surface area contributed by atoms with Crippen LogP contribution in [0.3, 0.4) is 0 Å². The van der Waals surface area contributed by atoms with Crippen molar-refractivity contribution in [3.8, 4) is 0 Å². The van der Waals surface area contributed by atoms with Crippen molar-refractivity contribution in [1.82, 2.24) is 0 Å². The topological polar surface area (TPSA) is 92.4 Å². The summed E-state index contributed by atoms with van der Waals surface area (Å²) in [5.74, 6) is 0. The van der Waals surface area contributed by atoms with Gasteiger partial charge in [0.05, 0.1) is 0 Å². The highest BCUT2D eigenvalue weighted by Crippen LogP contribution is 2.00. The molecule has 1 atom stereocenters. The molecular formula is C9H14INO3. The monoisotopic (exact) mass is 311 g/mol. The van der Waals surface area contributed by atoms with Crippen LogP contribution >= 0.6 is 0 Å². The van der Waals surface area contributed by atoms with Crippen LogP contribution < -0.4 is 33.7 Å². The van der Waals surface area contributed by atoms with Crippen LogP contribution in [-0.2, 0) is 6.42 Å². The number of hydrogen-bond acceptors (Lipinski definition) is 4. The van der Waals surface area contributed by atoms with E-state index in [1.54, 1.807) is 0 Å². The van der Waals surface area contributed by atoms with Gasteiger partial charge in [0.1, 0.15) is 0 Å². The molecule has 1 aromatic rings. The molecule has 0 radical (unpaired) electrons. The van der Waals surface area contributed by atoms with Crippen molar-refractivity contribution in [1.29, 1.82) is 0 Å². The fourth-order valence-corrected chi connectivity index (χ4v) is 0.986. The molecule has 5 heteroatoms. The van der Waals surface area contributed by atoms with Gasteiger partial charge in [0.15, 0.2) is 0 Å². The van der Waals surface area contributed by atoms with Crippen LogP contribution in [-0.4, -0.2) is 9.48 Å². The molecule has 80 valence electrons. The van der Waals surface area contributed by atoms with Crippen molar-refractivity contribution in [2.24, 2.45) is 5.73 Å². The Kier molecular flexibility index (Phi) is 8.01. The standard InChI is InChI=1S/C9H13N.HIO3/c1-8(10)7-9-5-3-2-4-6-9;2-1(3)4/h2-6,8H,7,10H2,1H3;2H. The van der Waals surface area contributed by atoms with Crippen LogP contribution in [0.15, 0.2) is 30.3 Å². The molecule has 0 heterocycles. The van der Waals surface area contributed by atoms with E-state index in [4.69, 9.17) is 16.0 Å². The summed E-state index contributed by atoms with van der Waals surface area (Å²) in [6, 6.07) is 10.6. The lowest BCUT2D eigenvalue weighted by Crippen LogP contribution is -3.98. The zero-order valence-corrected chi connectivity index (χ0v) is 10.0. The van der Waals surface area contributed by atoms with Crippen LogP contribution in [0, 0.1) is 0 Å². The van der Waals surface area contributed by atoms with E-state index in [1.807, 2.05) is 25.1 Å². The lowest BCUT2D eigenvalue weighted by atomic mass is 10.1. The van der Waals surface area contributed by atoms with Gasteiger partial charge in [0, 0.05) is 6.04 Å². The van der Waals surface area contributed by atoms with E-state index < -0.39 is 21.1 Å². The molecule has 14 heavy (non-hydrogen) atoms. The van der Waals surface area contributed by atoms with E-state index in [0.717, 1.165) is 6.42 Å². The Morgan fingerprint density at radius 3 is 2.14 bits per heavy atom. The minimum atomic E-state index is -3.76.